The first kappa shape index (κ1) is 26.4. The van der Waals surface area contributed by atoms with E-state index in [4.69, 9.17) is 25.8 Å². The van der Waals surface area contributed by atoms with Crippen LogP contribution in [0.3, 0.4) is 0 Å². The molecule has 1 heterocycles. The van der Waals surface area contributed by atoms with E-state index < -0.39 is 23.2 Å². The van der Waals surface area contributed by atoms with Gasteiger partial charge in [-0.1, -0.05) is 29.8 Å². The minimum Gasteiger partial charge on any atom is -0.493 e. The maximum absolute atomic E-state index is 12.9. The van der Waals surface area contributed by atoms with Gasteiger partial charge in [-0.05, 0) is 73.5 Å². The van der Waals surface area contributed by atoms with Crippen LogP contribution >= 0.6 is 23.4 Å². The molecular weight excluding hydrogens is 490 g/mol. The minimum absolute atomic E-state index is 0.160. The molecule has 1 fully saturated rings. The van der Waals surface area contributed by atoms with Gasteiger partial charge in [0.15, 0.2) is 11.5 Å². The van der Waals surface area contributed by atoms with Crippen LogP contribution in [0.25, 0.3) is 6.08 Å². The van der Waals surface area contributed by atoms with Crippen molar-refractivity contribution in [2.24, 2.45) is 0 Å². The van der Waals surface area contributed by atoms with Crippen LogP contribution in [0.1, 0.15) is 30.5 Å². The number of carbonyl (C=O) groups is 3. The van der Waals surface area contributed by atoms with Gasteiger partial charge in [-0.2, -0.15) is 0 Å². The molecule has 0 radical (unpaired) electrons. The number of allylic oxidation sites excluding steroid dienone is 1. The quantitative estimate of drug-likeness (QED) is 0.230. The Morgan fingerprint density at radius 2 is 1.94 bits per heavy atom. The molecule has 2 amide bonds. The number of imide groups is 1. The van der Waals surface area contributed by atoms with E-state index in [9.17, 15) is 14.4 Å². The molecule has 3 rings (SSSR count). The summed E-state index contributed by atoms with van der Waals surface area (Å²) in [6.07, 6.45) is 3.83. The third-order valence-corrected chi connectivity index (χ3v) is 6.31. The Hall–Kier alpha value is -3.23. The van der Waals surface area contributed by atoms with Crippen molar-refractivity contribution in [3.05, 3.63) is 75.7 Å². The summed E-state index contributed by atoms with van der Waals surface area (Å²) in [6, 6.07) is 9.91. The summed E-state index contributed by atoms with van der Waals surface area (Å²) in [7, 11) is 1.53. The molecule has 0 spiro atoms. The lowest BCUT2D eigenvalue weighted by Gasteiger charge is -2.19. The van der Waals surface area contributed by atoms with Crippen LogP contribution in [0, 0.1) is 0 Å². The van der Waals surface area contributed by atoms with E-state index in [-0.39, 0.29) is 11.5 Å². The second-order valence-corrected chi connectivity index (χ2v) is 9.03. The Morgan fingerprint density at radius 1 is 1.23 bits per heavy atom. The number of esters is 1. The third kappa shape index (κ3) is 6.26. The van der Waals surface area contributed by atoms with Gasteiger partial charge in [0.25, 0.3) is 11.1 Å². The van der Waals surface area contributed by atoms with E-state index in [1.165, 1.54) is 14.0 Å². The molecule has 2 aromatic carbocycles. The standard InChI is InChI=1S/C26H26ClNO6S/c1-5-7-19-12-18(13-21(32-4)23(19)34-15-17-8-10-20(27)11-9-17)14-22-24(29)28(26(31)35-22)16(3)25(30)33-6-2/h5,8-14,16H,1,6-7,15H2,2-4H3/b22-14+/t16-/m0/s1. The third-order valence-electron chi connectivity index (χ3n) is 5.17. The lowest BCUT2D eigenvalue weighted by molar-refractivity contribution is -0.150. The monoisotopic (exact) mass is 515 g/mol. The number of hydrogen-bond donors (Lipinski definition) is 0. The van der Waals surface area contributed by atoms with E-state index in [1.807, 2.05) is 18.2 Å². The summed E-state index contributed by atoms with van der Waals surface area (Å²) in [5.74, 6) is -0.145. The summed E-state index contributed by atoms with van der Waals surface area (Å²) >= 11 is 6.73. The highest BCUT2D eigenvalue weighted by atomic mass is 35.5. The molecule has 2 aromatic rings. The van der Waals surface area contributed by atoms with Crippen LogP contribution in [-0.4, -0.2) is 41.8 Å². The number of rotatable bonds is 10. The predicted octanol–water partition coefficient (Wildman–Crippen LogP) is 5.64. The van der Waals surface area contributed by atoms with Gasteiger partial charge in [0.1, 0.15) is 12.6 Å². The number of amides is 2. The zero-order valence-electron chi connectivity index (χ0n) is 19.7. The summed E-state index contributed by atoms with van der Waals surface area (Å²) in [4.78, 5) is 38.6. The van der Waals surface area contributed by atoms with Gasteiger partial charge in [0, 0.05) is 10.6 Å². The molecule has 35 heavy (non-hydrogen) atoms. The van der Waals surface area contributed by atoms with Crippen molar-refractivity contribution >= 4 is 46.6 Å². The highest BCUT2D eigenvalue weighted by Gasteiger charge is 2.41. The fourth-order valence-electron chi connectivity index (χ4n) is 3.46. The molecule has 0 N–H and O–H groups in total. The summed E-state index contributed by atoms with van der Waals surface area (Å²) in [5.41, 5.74) is 2.39. The number of ether oxygens (including phenoxy) is 3. The number of benzene rings is 2. The van der Waals surface area contributed by atoms with Gasteiger partial charge in [-0.15, -0.1) is 6.58 Å². The van der Waals surface area contributed by atoms with Crippen LogP contribution < -0.4 is 9.47 Å². The highest BCUT2D eigenvalue weighted by molar-refractivity contribution is 8.18. The van der Waals surface area contributed by atoms with Crippen LogP contribution in [0.5, 0.6) is 11.5 Å². The Morgan fingerprint density at radius 3 is 2.57 bits per heavy atom. The van der Waals surface area contributed by atoms with E-state index in [2.05, 4.69) is 6.58 Å². The van der Waals surface area contributed by atoms with Gasteiger partial charge < -0.3 is 14.2 Å². The van der Waals surface area contributed by atoms with E-state index in [1.54, 1.807) is 37.3 Å². The zero-order valence-corrected chi connectivity index (χ0v) is 21.3. The molecular formula is C26H26ClNO6S. The normalized spacial score (nSPS) is 15.3. The average Bonchev–Trinajstić information content (AvgIpc) is 3.11. The Kier molecular flexibility index (Phi) is 9.01. The number of halogens is 1. The van der Waals surface area contributed by atoms with Crippen LogP contribution in [0.15, 0.2) is 54.0 Å². The van der Waals surface area contributed by atoms with Crippen molar-refractivity contribution in [3.63, 3.8) is 0 Å². The molecule has 0 aliphatic carbocycles. The molecule has 1 saturated heterocycles. The number of thioether (sulfide) groups is 1. The molecule has 184 valence electrons. The van der Waals surface area contributed by atoms with Crippen LogP contribution in [-0.2, 0) is 27.4 Å². The summed E-state index contributed by atoms with van der Waals surface area (Å²) in [6.45, 7) is 7.41. The first-order valence-corrected chi connectivity index (χ1v) is 12.1. The van der Waals surface area contributed by atoms with Gasteiger partial charge >= 0.3 is 5.97 Å². The van der Waals surface area contributed by atoms with Gasteiger partial charge in [-0.25, -0.2) is 4.79 Å². The van der Waals surface area contributed by atoms with Crippen molar-refractivity contribution in [3.8, 4) is 11.5 Å². The first-order valence-electron chi connectivity index (χ1n) is 10.9. The van der Waals surface area contributed by atoms with Gasteiger partial charge in [0.2, 0.25) is 0 Å². The molecule has 9 heteroatoms. The van der Waals surface area contributed by atoms with E-state index >= 15 is 0 Å². The number of hydrogen-bond acceptors (Lipinski definition) is 7. The number of methoxy groups -OCH3 is 1. The molecule has 0 aromatic heterocycles. The highest BCUT2D eigenvalue weighted by Crippen LogP contribution is 2.38. The van der Waals surface area contributed by atoms with E-state index in [0.29, 0.717) is 35.1 Å². The van der Waals surface area contributed by atoms with Crippen molar-refractivity contribution < 1.29 is 28.6 Å². The molecule has 1 atom stereocenters. The first-order chi connectivity index (χ1) is 16.8. The molecule has 1 aliphatic rings. The SMILES string of the molecule is C=CCc1cc(/C=C2/SC(=O)N([C@@H](C)C(=O)OCC)C2=O)cc(OC)c1OCc1ccc(Cl)cc1. The van der Waals surface area contributed by atoms with E-state index in [0.717, 1.165) is 27.8 Å². The van der Waals surface area contributed by atoms with Crippen LogP contribution in [0.2, 0.25) is 5.02 Å². The fourth-order valence-corrected chi connectivity index (χ4v) is 4.49. The van der Waals surface area contributed by atoms with Crippen LogP contribution in [0.4, 0.5) is 4.79 Å². The van der Waals surface area contributed by atoms with Crippen molar-refractivity contribution in [2.45, 2.75) is 32.9 Å². The summed E-state index contributed by atoms with van der Waals surface area (Å²) in [5, 5.41) is 0.118. The maximum Gasteiger partial charge on any atom is 0.329 e. The lowest BCUT2D eigenvalue weighted by atomic mass is 10.0. The second-order valence-electron chi connectivity index (χ2n) is 7.60. The molecule has 7 nitrogen and oxygen atoms in total. The Bertz CT molecular complexity index is 1160. The number of carbonyl (C=O) groups excluding carboxylic acids is 3. The van der Waals surface area contributed by atoms with Crippen molar-refractivity contribution in [1.82, 2.24) is 4.90 Å². The zero-order chi connectivity index (χ0) is 25.5. The Labute approximate surface area is 213 Å². The predicted molar refractivity (Wildman–Crippen MR) is 137 cm³/mol. The Balaban J connectivity index is 1.89. The van der Waals surface area contributed by atoms with Crippen molar-refractivity contribution in [1.29, 1.82) is 0 Å². The fraction of sp³-hybridized carbons (Fsp3) is 0.269. The van der Waals surface area contributed by atoms with Gasteiger partial charge in [0.05, 0.1) is 18.6 Å². The lowest BCUT2D eigenvalue weighted by Crippen LogP contribution is -2.42. The minimum atomic E-state index is -1.01. The molecule has 0 bridgehead atoms. The van der Waals surface area contributed by atoms with Crippen molar-refractivity contribution in [2.75, 3.05) is 13.7 Å². The second kappa shape index (κ2) is 12.0. The number of nitrogens with zero attached hydrogens (tertiary/aromatic N) is 1. The topological polar surface area (TPSA) is 82.1 Å². The molecule has 1 aliphatic heterocycles. The maximum atomic E-state index is 12.9. The average molecular weight is 516 g/mol. The summed E-state index contributed by atoms with van der Waals surface area (Å²) < 4.78 is 16.6. The molecule has 0 saturated carbocycles. The smallest absolute Gasteiger partial charge is 0.329 e. The van der Waals surface area contributed by atoms with Gasteiger partial charge in [-0.3, -0.25) is 14.5 Å². The molecule has 0 unspecified atom stereocenters. The largest absolute Gasteiger partial charge is 0.493 e.